The average Bonchev–Trinajstić information content (AvgIpc) is 3.13. The van der Waals surface area contributed by atoms with Gasteiger partial charge in [0.2, 0.25) is 10.0 Å². The lowest BCUT2D eigenvalue weighted by Gasteiger charge is -2.13. The molecule has 6 aromatic rings. The summed E-state index contributed by atoms with van der Waals surface area (Å²) in [4.78, 5) is 22.4. The van der Waals surface area contributed by atoms with Gasteiger partial charge in [0.05, 0.1) is 16.1 Å². The number of azo groups is 2. The molecule has 0 heterocycles. The Morgan fingerprint density at radius 3 is 1.95 bits per heavy atom. The third-order valence-corrected chi connectivity index (χ3v) is 10.8. The summed E-state index contributed by atoms with van der Waals surface area (Å²) >= 11 is 0. The van der Waals surface area contributed by atoms with Crippen LogP contribution in [0.2, 0.25) is 0 Å². The number of benzene rings is 6. The standard InChI is InChI=1S/C34H25N7O14S3/c35-56(48,49)19-7-10-27(42)25(14-19)39-40-26-12-16-5-9-24(31(43)22(16)15-28(26)57(50,51)52)37-34(47)36-18-6-8-20-17(11-18)13-29(58(53,54)55)30(32(20)44)41-38-23-4-2-1-3-21(23)33(45)46/h1-15,42-44H,(H,45,46)(H2,35,48,49)(H2,36,37,47)(H,50,51,52)(H,53,54,55). The highest BCUT2D eigenvalue weighted by Crippen LogP contribution is 2.43. The van der Waals surface area contributed by atoms with Gasteiger partial charge in [-0.05, 0) is 83.6 Å². The van der Waals surface area contributed by atoms with Crippen molar-refractivity contribution in [3.05, 3.63) is 96.6 Å². The van der Waals surface area contributed by atoms with E-state index >= 15 is 0 Å². The van der Waals surface area contributed by atoms with Gasteiger partial charge in [-0.25, -0.2) is 23.1 Å². The Kier molecular flexibility index (Phi) is 10.6. The summed E-state index contributed by atoms with van der Waals surface area (Å²) < 4.78 is 92.6. The van der Waals surface area contributed by atoms with Crippen LogP contribution in [-0.4, -0.2) is 66.8 Å². The fraction of sp³-hybridized carbons (Fsp3) is 0. The minimum absolute atomic E-state index is 0.0000256. The summed E-state index contributed by atoms with van der Waals surface area (Å²) in [5, 5.41) is 66.2. The van der Waals surface area contributed by atoms with Crippen LogP contribution >= 0.6 is 0 Å². The van der Waals surface area contributed by atoms with Gasteiger partial charge < -0.3 is 31.1 Å². The lowest BCUT2D eigenvalue weighted by molar-refractivity contribution is 0.0697. The lowest BCUT2D eigenvalue weighted by atomic mass is 10.1. The average molecular weight is 852 g/mol. The number of aromatic hydroxyl groups is 3. The third kappa shape index (κ3) is 8.50. The van der Waals surface area contributed by atoms with Crippen LogP contribution < -0.4 is 15.8 Å². The number of sulfonamides is 1. The summed E-state index contributed by atoms with van der Waals surface area (Å²) in [5.41, 5.74) is -2.35. The topological polar surface area (TPSA) is 357 Å². The van der Waals surface area contributed by atoms with Gasteiger partial charge in [-0.15, -0.1) is 20.5 Å². The molecule has 6 rings (SSSR count). The van der Waals surface area contributed by atoms with Crippen molar-refractivity contribution in [2.45, 2.75) is 14.7 Å². The number of urea groups is 1. The number of phenols is 3. The fourth-order valence-electron chi connectivity index (χ4n) is 5.43. The number of anilines is 2. The maximum Gasteiger partial charge on any atom is 0.337 e. The molecule has 0 radical (unpaired) electrons. The van der Waals surface area contributed by atoms with Gasteiger partial charge in [-0.3, -0.25) is 9.11 Å². The zero-order valence-corrected chi connectivity index (χ0v) is 31.1. The van der Waals surface area contributed by atoms with Gasteiger partial charge >= 0.3 is 12.0 Å². The lowest BCUT2D eigenvalue weighted by Crippen LogP contribution is -2.19. The number of primary sulfonamides is 1. The van der Waals surface area contributed by atoms with Crippen molar-refractivity contribution >= 4 is 97.9 Å². The molecule has 0 saturated heterocycles. The van der Waals surface area contributed by atoms with E-state index in [1.807, 2.05) is 0 Å². The van der Waals surface area contributed by atoms with E-state index in [1.165, 1.54) is 54.6 Å². The number of nitrogens with zero attached hydrogens (tertiary/aromatic N) is 4. The summed E-state index contributed by atoms with van der Waals surface area (Å²) in [6.45, 7) is 0. The third-order valence-electron chi connectivity index (χ3n) is 8.12. The van der Waals surface area contributed by atoms with Crippen molar-refractivity contribution in [1.29, 1.82) is 0 Å². The number of carboxylic acid groups (broad SMARTS) is 1. The number of amides is 2. The Morgan fingerprint density at radius 2 is 1.28 bits per heavy atom. The number of rotatable bonds is 10. The van der Waals surface area contributed by atoms with E-state index < -0.39 is 91.3 Å². The summed E-state index contributed by atoms with van der Waals surface area (Å²) in [7, 11) is -14.4. The monoisotopic (exact) mass is 851 g/mol. The van der Waals surface area contributed by atoms with Crippen LogP contribution in [0, 0.1) is 0 Å². The quantitative estimate of drug-likeness (QED) is 0.0408. The molecule has 2 amide bonds. The van der Waals surface area contributed by atoms with Gasteiger partial charge in [-0.1, -0.05) is 18.2 Å². The fourth-order valence-corrected chi connectivity index (χ4v) is 7.25. The van der Waals surface area contributed by atoms with Gasteiger partial charge in [0.15, 0.2) is 5.75 Å². The van der Waals surface area contributed by atoms with Crippen LogP contribution in [0.4, 0.5) is 38.9 Å². The first-order valence-corrected chi connectivity index (χ1v) is 20.2. The molecule has 6 aromatic carbocycles. The van der Waals surface area contributed by atoms with Crippen molar-refractivity contribution in [3.63, 3.8) is 0 Å². The second-order valence-corrected chi connectivity index (χ2v) is 16.3. The van der Waals surface area contributed by atoms with E-state index in [4.69, 9.17) is 5.14 Å². The molecule has 58 heavy (non-hydrogen) atoms. The number of nitrogens with two attached hydrogens (primary N) is 1. The Hall–Kier alpha value is -7.09. The van der Waals surface area contributed by atoms with Crippen molar-refractivity contribution in [2.75, 3.05) is 10.6 Å². The molecule has 0 aliphatic carbocycles. The molecule has 0 aliphatic heterocycles. The molecule has 0 saturated carbocycles. The first kappa shape index (κ1) is 40.6. The van der Waals surface area contributed by atoms with E-state index in [-0.39, 0.29) is 44.2 Å². The number of hydrogen-bond donors (Lipinski definition) is 9. The van der Waals surface area contributed by atoms with Crippen molar-refractivity contribution in [1.82, 2.24) is 0 Å². The van der Waals surface area contributed by atoms with Crippen LogP contribution in [0.5, 0.6) is 17.2 Å². The van der Waals surface area contributed by atoms with E-state index in [0.717, 1.165) is 36.4 Å². The molecule has 0 bridgehead atoms. The minimum atomic E-state index is -5.07. The zero-order chi connectivity index (χ0) is 42.3. The van der Waals surface area contributed by atoms with E-state index in [0.29, 0.717) is 0 Å². The molecule has 0 atom stereocenters. The number of hydrogen-bond acceptors (Lipinski definition) is 15. The highest BCUT2D eigenvalue weighted by atomic mass is 32.2. The molecular weight excluding hydrogens is 827 g/mol. The Bertz CT molecular complexity index is 3140. The smallest absolute Gasteiger partial charge is 0.337 e. The Morgan fingerprint density at radius 1 is 0.603 bits per heavy atom. The van der Waals surface area contributed by atoms with E-state index in [1.54, 1.807) is 0 Å². The maximum absolute atomic E-state index is 13.0. The highest BCUT2D eigenvalue weighted by Gasteiger charge is 2.24. The van der Waals surface area contributed by atoms with Crippen molar-refractivity contribution in [2.24, 2.45) is 25.6 Å². The number of aromatic carboxylic acids is 1. The van der Waals surface area contributed by atoms with Crippen LogP contribution in [0.3, 0.4) is 0 Å². The first-order chi connectivity index (χ1) is 27.1. The summed E-state index contributed by atoms with van der Waals surface area (Å²) in [5.74, 6) is -3.34. The Balaban J connectivity index is 1.29. The predicted octanol–water partition coefficient (Wildman–Crippen LogP) is 6.42. The minimum Gasteiger partial charge on any atom is -0.506 e. The van der Waals surface area contributed by atoms with Gasteiger partial charge in [0.1, 0.15) is 44.0 Å². The predicted molar refractivity (Wildman–Crippen MR) is 205 cm³/mol. The number of carboxylic acids is 1. The van der Waals surface area contributed by atoms with Crippen molar-refractivity contribution < 1.29 is 64.4 Å². The van der Waals surface area contributed by atoms with E-state index in [2.05, 4.69) is 31.1 Å². The van der Waals surface area contributed by atoms with Gasteiger partial charge in [0.25, 0.3) is 20.2 Å². The SMILES string of the molecule is NS(=O)(=O)c1ccc(O)c(N=Nc2cc3ccc(NC(=O)Nc4ccc5c(O)c(N=Nc6ccccc6C(=O)O)c(S(=O)(=O)O)cc5c4)c(O)c3cc2S(=O)(=O)O)c1. The summed E-state index contributed by atoms with van der Waals surface area (Å²) in [6, 6.07) is 16.3. The molecule has 0 aliphatic rings. The second-order valence-electron chi connectivity index (χ2n) is 12.0. The molecule has 0 unspecified atom stereocenters. The number of fused-ring (bicyclic) bond motifs is 2. The normalized spacial score (nSPS) is 12.4. The van der Waals surface area contributed by atoms with Gasteiger partial charge in [0, 0.05) is 16.5 Å². The van der Waals surface area contributed by atoms with E-state index in [9.17, 15) is 64.4 Å². The molecule has 298 valence electrons. The van der Waals surface area contributed by atoms with Crippen LogP contribution in [0.15, 0.2) is 126 Å². The molecule has 0 fully saturated rings. The number of phenolic OH excluding ortho intramolecular Hbond substituents is 3. The summed E-state index contributed by atoms with van der Waals surface area (Å²) in [6.07, 6.45) is 0. The maximum atomic E-state index is 13.0. The number of nitrogens with one attached hydrogen (secondary N) is 2. The molecule has 10 N–H and O–H groups in total. The van der Waals surface area contributed by atoms with Gasteiger partial charge in [-0.2, -0.15) is 16.8 Å². The second kappa shape index (κ2) is 15.1. The molecule has 21 nitrogen and oxygen atoms in total. The zero-order valence-electron chi connectivity index (χ0n) is 28.7. The number of carbonyl (C=O) groups is 2. The number of carbonyl (C=O) groups excluding carboxylic acids is 1. The van der Waals surface area contributed by atoms with Crippen molar-refractivity contribution in [3.8, 4) is 17.2 Å². The highest BCUT2D eigenvalue weighted by molar-refractivity contribution is 7.89. The van der Waals surface area contributed by atoms with Crippen LogP contribution in [0.25, 0.3) is 21.5 Å². The first-order valence-electron chi connectivity index (χ1n) is 15.8. The Labute approximate surface area is 326 Å². The molecule has 0 aromatic heterocycles. The largest absolute Gasteiger partial charge is 0.506 e. The molecular formula is C34H25N7O14S3. The molecule has 0 spiro atoms. The molecule has 24 heteroatoms. The van der Waals surface area contributed by atoms with Crippen LogP contribution in [-0.2, 0) is 30.3 Å². The van der Waals surface area contributed by atoms with Crippen LogP contribution in [0.1, 0.15) is 10.4 Å².